The van der Waals surface area contributed by atoms with Crippen molar-refractivity contribution in [1.82, 2.24) is 10.6 Å². The molecule has 29 heavy (non-hydrogen) atoms. The fraction of sp³-hybridized carbons (Fsp3) is 0.682. The van der Waals surface area contributed by atoms with Crippen LogP contribution in [-0.4, -0.2) is 52.4 Å². The predicted molar refractivity (Wildman–Crippen MR) is 133 cm³/mol. The smallest absolute Gasteiger partial charge is 0.191 e. The van der Waals surface area contributed by atoms with Gasteiger partial charge in [-0.25, -0.2) is 0 Å². The highest BCUT2D eigenvalue weighted by Crippen LogP contribution is 2.30. The van der Waals surface area contributed by atoms with Gasteiger partial charge >= 0.3 is 0 Å². The number of nitrogens with one attached hydrogen (secondary N) is 2. The number of nitrogens with zero attached hydrogens (tertiary/aromatic N) is 2. The zero-order chi connectivity index (χ0) is 20.6. The lowest BCUT2D eigenvalue weighted by Crippen LogP contribution is -2.48. The summed E-state index contributed by atoms with van der Waals surface area (Å²) in [6, 6.07) is 6.51. The number of rotatable bonds is 7. The first kappa shape index (κ1) is 25.7. The molecule has 0 amide bonds. The van der Waals surface area contributed by atoms with E-state index < -0.39 is 0 Å². The van der Waals surface area contributed by atoms with Gasteiger partial charge in [-0.05, 0) is 31.6 Å². The van der Waals surface area contributed by atoms with E-state index in [0.717, 1.165) is 68.6 Å². The number of benzene rings is 1. The molecule has 0 saturated carbocycles. The van der Waals surface area contributed by atoms with E-state index in [2.05, 4.69) is 55.4 Å². The fourth-order valence-corrected chi connectivity index (χ4v) is 3.27. The first-order valence-electron chi connectivity index (χ1n) is 10.4. The van der Waals surface area contributed by atoms with Crippen molar-refractivity contribution in [3.05, 3.63) is 18.2 Å². The van der Waals surface area contributed by atoms with Gasteiger partial charge in [0, 0.05) is 56.1 Å². The van der Waals surface area contributed by atoms with Gasteiger partial charge in [-0.3, -0.25) is 4.99 Å². The average molecular weight is 518 g/mol. The monoisotopic (exact) mass is 518 g/mol. The van der Waals surface area contributed by atoms with E-state index in [1.165, 1.54) is 0 Å². The fourth-order valence-electron chi connectivity index (χ4n) is 3.27. The van der Waals surface area contributed by atoms with E-state index in [1.54, 1.807) is 14.2 Å². The van der Waals surface area contributed by atoms with Crippen molar-refractivity contribution in [2.45, 2.75) is 53.0 Å². The highest BCUT2D eigenvalue weighted by atomic mass is 127. The quantitative estimate of drug-likeness (QED) is 0.321. The Bertz CT molecular complexity index is 616. The molecule has 0 radical (unpaired) electrons. The molecule has 0 spiro atoms. The van der Waals surface area contributed by atoms with E-state index >= 15 is 0 Å². The van der Waals surface area contributed by atoms with Crippen LogP contribution >= 0.6 is 24.0 Å². The minimum absolute atomic E-state index is 0. The summed E-state index contributed by atoms with van der Waals surface area (Å²) in [6.45, 7) is 12.6. The van der Waals surface area contributed by atoms with E-state index in [-0.39, 0.29) is 24.0 Å². The van der Waals surface area contributed by atoms with Crippen molar-refractivity contribution in [3.8, 4) is 11.5 Å². The molecular weight excluding hydrogens is 479 g/mol. The van der Waals surface area contributed by atoms with Gasteiger partial charge in [-0.15, -0.1) is 24.0 Å². The van der Waals surface area contributed by atoms with E-state index in [0.29, 0.717) is 11.5 Å². The van der Waals surface area contributed by atoms with Crippen LogP contribution in [0.3, 0.4) is 0 Å². The lowest BCUT2D eigenvalue weighted by molar-refractivity contribution is 0.384. The van der Waals surface area contributed by atoms with Crippen molar-refractivity contribution in [2.24, 2.45) is 10.4 Å². The van der Waals surface area contributed by atoms with Crippen LogP contribution in [0.25, 0.3) is 0 Å². The maximum Gasteiger partial charge on any atom is 0.191 e. The molecule has 0 atom stereocenters. The van der Waals surface area contributed by atoms with Crippen LogP contribution in [-0.2, 0) is 0 Å². The number of aliphatic imine (C=N–C) groups is 1. The summed E-state index contributed by atoms with van der Waals surface area (Å²) in [5.41, 5.74) is 1.46. The van der Waals surface area contributed by atoms with E-state index in [9.17, 15) is 0 Å². The molecule has 0 bridgehead atoms. The molecule has 6 nitrogen and oxygen atoms in total. The lowest BCUT2D eigenvalue weighted by atomic mass is 9.92. The number of anilines is 1. The van der Waals surface area contributed by atoms with Crippen LogP contribution in [0.5, 0.6) is 11.5 Å². The largest absolute Gasteiger partial charge is 0.497 e. The van der Waals surface area contributed by atoms with Crippen LogP contribution in [0.1, 0.15) is 47.0 Å². The number of ether oxygens (including phenoxy) is 2. The summed E-state index contributed by atoms with van der Waals surface area (Å²) < 4.78 is 10.8. The minimum Gasteiger partial charge on any atom is -0.497 e. The second-order valence-electron chi connectivity index (χ2n) is 8.55. The van der Waals surface area contributed by atoms with Gasteiger partial charge in [-0.1, -0.05) is 20.8 Å². The van der Waals surface area contributed by atoms with Gasteiger partial charge in [0.05, 0.1) is 14.2 Å². The summed E-state index contributed by atoms with van der Waals surface area (Å²) in [5.74, 6) is 2.60. The topological polar surface area (TPSA) is 58.1 Å². The highest BCUT2D eigenvalue weighted by Gasteiger charge is 2.21. The van der Waals surface area contributed by atoms with Crippen LogP contribution < -0.4 is 25.0 Å². The predicted octanol–water partition coefficient (Wildman–Crippen LogP) is 4.28. The third-order valence-electron chi connectivity index (χ3n) is 5.01. The Morgan fingerprint density at radius 1 is 1.10 bits per heavy atom. The molecular formula is C22H39IN4O2. The van der Waals surface area contributed by atoms with E-state index in [4.69, 9.17) is 14.5 Å². The van der Waals surface area contributed by atoms with Crippen LogP contribution in [0.15, 0.2) is 23.2 Å². The number of hydrogen-bond donors (Lipinski definition) is 2. The maximum atomic E-state index is 5.41. The molecule has 1 aromatic rings. The summed E-state index contributed by atoms with van der Waals surface area (Å²) in [4.78, 5) is 7.16. The van der Waals surface area contributed by atoms with Gasteiger partial charge < -0.3 is 25.0 Å². The van der Waals surface area contributed by atoms with Gasteiger partial charge in [0.15, 0.2) is 5.96 Å². The minimum atomic E-state index is 0. The van der Waals surface area contributed by atoms with Gasteiger partial charge in [-0.2, -0.15) is 0 Å². The zero-order valence-corrected chi connectivity index (χ0v) is 21.2. The Hall–Kier alpha value is -1.38. The van der Waals surface area contributed by atoms with Crippen molar-refractivity contribution >= 4 is 35.6 Å². The molecule has 2 rings (SSSR count). The summed E-state index contributed by atoms with van der Waals surface area (Å²) in [5, 5.41) is 7.00. The van der Waals surface area contributed by atoms with Crippen LogP contribution in [0.4, 0.5) is 5.69 Å². The SMILES string of the molecule is CCNC(=NCCC(C)(C)C)NC1CCN(c2cc(OC)cc(OC)c2)CC1.I. The molecule has 166 valence electrons. The first-order chi connectivity index (χ1) is 13.3. The van der Waals surface area contributed by atoms with Crippen molar-refractivity contribution in [1.29, 1.82) is 0 Å². The molecule has 1 heterocycles. The Labute approximate surface area is 193 Å². The molecule has 1 saturated heterocycles. The number of hydrogen-bond acceptors (Lipinski definition) is 4. The van der Waals surface area contributed by atoms with Gasteiger partial charge in [0.1, 0.15) is 11.5 Å². The molecule has 0 aliphatic carbocycles. The molecule has 1 aliphatic rings. The van der Waals surface area contributed by atoms with Gasteiger partial charge in [0.2, 0.25) is 0 Å². The molecule has 0 unspecified atom stereocenters. The summed E-state index contributed by atoms with van der Waals surface area (Å²) in [7, 11) is 3.38. The lowest BCUT2D eigenvalue weighted by Gasteiger charge is -2.35. The van der Waals surface area contributed by atoms with Gasteiger partial charge in [0.25, 0.3) is 0 Å². The number of methoxy groups -OCH3 is 2. The van der Waals surface area contributed by atoms with Crippen LogP contribution in [0.2, 0.25) is 0 Å². The van der Waals surface area contributed by atoms with E-state index in [1.807, 2.05) is 6.07 Å². The summed E-state index contributed by atoms with van der Waals surface area (Å²) >= 11 is 0. The maximum absolute atomic E-state index is 5.41. The second kappa shape index (κ2) is 12.3. The second-order valence-corrected chi connectivity index (χ2v) is 8.55. The summed E-state index contributed by atoms with van der Waals surface area (Å²) in [6.07, 6.45) is 3.23. The Kier molecular flexibility index (Phi) is 10.9. The highest BCUT2D eigenvalue weighted by molar-refractivity contribution is 14.0. The van der Waals surface area contributed by atoms with Crippen molar-refractivity contribution in [2.75, 3.05) is 45.3 Å². The molecule has 0 aromatic heterocycles. The molecule has 2 N–H and O–H groups in total. The van der Waals surface area contributed by atoms with Crippen molar-refractivity contribution in [3.63, 3.8) is 0 Å². The third kappa shape index (κ3) is 8.88. The van der Waals surface area contributed by atoms with Crippen molar-refractivity contribution < 1.29 is 9.47 Å². The molecule has 1 fully saturated rings. The third-order valence-corrected chi connectivity index (χ3v) is 5.01. The first-order valence-corrected chi connectivity index (χ1v) is 10.4. The average Bonchev–Trinajstić information content (AvgIpc) is 2.67. The Morgan fingerprint density at radius 2 is 1.69 bits per heavy atom. The number of halogens is 1. The molecule has 7 heteroatoms. The number of piperidine rings is 1. The Morgan fingerprint density at radius 3 is 2.17 bits per heavy atom. The normalized spacial score (nSPS) is 15.5. The number of guanidine groups is 1. The standard InChI is InChI=1S/C22H38N4O2.HI/c1-7-23-21(24-11-10-22(2,3)4)25-17-8-12-26(13-9-17)18-14-19(27-5)16-20(15-18)28-6;/h14-17H,7-13H2,1-6H3,(H2,23,24,25);1H. The zero-order valence-electron chi connectivity index (χ0n) is 18.9. The Balaban J connectivity index is 0.00000420. The molecule has 1 aromatic carbocycles. The molecule has 1 aliphatic heterocycles. The van der Waals surface area contributed by atoms with Crippen LogP contribution in [0, 0.1) is 5.41 Å².